The number of halogens is 3. The zero-order valence-electron chi connectivity index (χ0n) is 18.3. The third kappa shape index (κ3) is 5.02. The molecule has 1 atom stereocenters. The van der Waals surface area contributed by atoms with Gasteiger partial charge >= 0.3 is 6.18 Å². The molecule has 6 nitrogen and oxygen atoms in total. The first-order valence-corrected chi connectivity index (χ1v) is 11.7. The molecular formula is C23H31F3N4O2. The second kappa shape index (κ2) is 9.67. The topological polar surface area (TPSA) is 56.8 Å². The predicted octanol–water partition coefficient (Wildman–Crippen LogP) is 3.71. The number of pyridine rings is 1. The summed E-state index contributed by atoms with van der Waals surface area (Å²) in [7, 11) is 0. The van der Waals surface area contributed by atoms with Crippen LogP contribution in [0.15, 0.2) is 18.3 Å². The van der Waals surface area contributed by atoms with Crippen LogP contribution >= 0.6 is 0 Å². The average molecular weight is 453 g/mol. The highest BCUT2D eigenvalue weighted by Crippen LogP contribution is 2.37. The number of nitrogens with zero attached hydrogens (tertiary/aromatic N) is 4. The van der Waals surface area contributed by atoms with Gasteiger partial charge in [0.25, 0.3) is 0 Å². The number of amides is 2. The van der Waals surface area contributed by atoms with Crippen LogP contribution in [0.1, 0.15) is 56.9 Å². The van der Waals surface area contributed by atoms with E-state index >= 15 is 0 Å². The summed E-state index contributed by atoms with van der Waals surface area (Å²) in [4.78, 5) is 35.6. The number of hydrogen-bond donors (Lipinski definition) is 0. The Kier molecular flexibility index (Phi) is 6.90. The van der Waals surface area contributed by atoms with Crippen molar-refractivity contribution in [1.29, 1.82) is 0 Å². The predicted molar refractivity (Wildman–Crippen MR) is 114 cm³/mol. The first-order valence-electron chi connectivity index (χ1n) is 11.7. The monoisotopic (exact) mass is 452 g/mol. The van der Waals surface area contributed by atoms with E-state index in [1.807, 2.05) is 4.90 Å². The van der Waals surface area contributed by atoms with E-state index in [2.05, 4.69) is 4.98 Å². The Morgan fingerprint density at radius 2 is 1.75 bits per heavy atom. The smallest absolute Gasteiger partial charge is 0.355 e. The van der Waals surface area contributed by atoms with Crippen LogP contribution in [0.5, 0.6) is 0 Å². The molecule has 9 heteroatoms. The SMILES string of the molecule is O=C(CN(C(=O)C1CCCN(c2ncccc2C(F)(F)F)C1)C1CCCC1)N1CCCC1. The number of hydrogen-bond acceptors (Lipinski definition) is 4. The summed E-state index contributed by atoms with van der Waals surface area (Å²) in [5, 5.41) is 0. The molecule has 2 aliphatic heterocycles. The molecule has 0 aromatic carbocycles. The number of piperidine rings is 1. The Bertz CT molecular complexity index is 820. The minimum atomic E-state index is -4.50. The lowest BCUT2D eigenvalue weighted by atomic mass is 9.95. The second-order valence-corrected chi connectivity index (χ2v) is 9.15. The van der Waals surface area contributed by atoms with Crippen molar-refractivity contribution in [3.63, 3.8) is 0 Å². The molecule has 0 radical (unpaired) electrons. The molecule has 1 aliphatic carbocycles. The van der Waals surface area contributed by atoms with Gasteiger partial charge < -0.3 is 14.7 Å². The van der Waals surface area contributed by atoms with Gasteiger partial charge in [0.1, 0.15) is 12.4 Å². The Labute approximate surface area is 186 Å². The second-order valence-electron chi connectivity index (χ2n) is 9.15. The molecule has 1 aromatic heterocycles. The minimum Gasteiger partial charge on any atom is -0.355 e. The van der Waals surface area contributed by atoms with Crippen LogP contribution in [-0.2, 0) is 15.8 Å². The van der Waals surface area contributed by atoms with E-state index in [9.17, 15) is 22.8 Å². The van der Waals surface area contributed by atoms with Crippen molar-refractivity contribution < 1.29 is 22.8 Å². The van der Waals surface area contributed by atoms with Gasteiger partial charge in [0, 0.05) is 38.4 Å². The first-order chi connectivity index (χ1) is 15.3. The highest BCUT2D eigenvalue weighted by Gasteiger charge is 2.39. The number of rotatable bonds is 5. The summed E-state index contributed by atoms with van der Waals surface area (Å²) in [6.45, 7) is 2.18. The van der Waals surface area contributed by atoms with Crippen LogP contribution in [0.4, 0.5) is 19.0 Å². The van der Waals surface area contributed by atoms with Gasteiger partial charge in [-0.2, -0.15) is 13.2 Å². The molecule has 1 saturated carbocycles. The lowest BCUT2D eigenvalue weighted by molar-refractivity contribution is -0.145. The molecule has 0 spiro atoms. The zero-order chi connectivity index (χ0) is 22.7. The maximum atomic E-state index is 13.6. The van der Waals surface area contributed by atoms with E-state index in [0.717, 1.165) is 57.7 Å². The maximum Gasteiger partial charge on any atom is 0.419 e. The summed E-state index contributed by atoms with van der Waals surface area (Å²) < 4.78 is 40.5. The fourth-order valence-electron chi connectivity index (χ4n) is 5.29. The van der Waals surface area contributed by atoms with Crippen LogP contribution < -0.4 is 4.90 Å². The number of likely N-dealkylation sites (tertiary alicyclic amines) is 1. The molecule has 2 saturated heterocycles. The third-order valence-corrected chi connectivity index (χ3v) is 6.98. The molecule has 3 fully saturated rings. The number of anilines is 1. The summed E-state index contributed by atoms with van der Waals surface area (Å²) in [6, 6.07) is 2.36. The van der Waals surface area contributed by atoms with Crippen molar-refractivity contribution in [3.05, 3.63) is 23.9 Å². The van der Waals surface area contributed by atoms with E-state index in [1.54, 1.807) is 9.80 Å². The fourth-order valence-corrected chi connectivity index (χ4v) is 5.29. The molecule has 1 unspecified atom stereocenters. The molecule has 176 valence electrons. The molecule has 2 amide bonds. The lowest BCUT2D eigenvalue weighted by Gasteiger charge is -2.38. The van der Waals surface area contributed by atoms with Crippen LogP contribution in [0.2, 0.25) is 0 Å². The third-order valence-electron chi connectivity index (χ3n) is 6.98. The van der Waals surface area contributed by atoms with Crippen molar-refractivity contribution >= 4 is 17.6 Å². The highest BCUT2D eigenvalue weighted by molar-refractivity contribution is 5.87. The Morgan fingerprint density at radius 3 is 2.44 bits per heavy atom. The Morgan fingerprint density at radius 1 is 1.03 bits per heavy atom. The number of aromatic nitrogens is 1. The number of alkyl halides is 3. The van der Waals surface area contributed by atoms with Crippen molar-refractivity contribution in [2.45, 2.75) is 63.6 Å². The summed E-state index contributed by atoms with van der Waals surface area (Å²) >= 11 is 0. The highest BCUT2D eigenvalue weighted by atomic mass is 19.4. The molecule has 0 bridgehead atoms. The Balaban J connectivity index is 1.50. The molecular weight excluding hydrogens is 421 g/mol. The number of carbonyl (C=O) groups is 2. The van der Waals surface area contributed by atoms with Crippen molar-refractivity contribution in [2.75, 3.05) is 37.6 Å². The van der Waals surface area contributed by atoms with E-state index in [0.29, 0.717) is 19.4 Å². The van der Waals surface area contributed by atoms with Crippen molar-refractivity contribution in [3.8, 4) is 0 Å². The van der Waals surface area contributed by atoms with E-state index in [4.69, 9.17) is 0 Å². The summed E-state index contributed by atoms with van der Waals surface area (Å²) in [5.41, 5.74) is -0.773. The van der Waals surface area contributed by atoms with E-state index < -0.39 is 17.7 Å². The van der Waals surface area contributed by atoms with Gasteiger partial charge in [0.2, 0.25) is 11.8 Å². The quantitative estimate of drug-likeness (QED) is 0.684. The van der Waals surface area contributed by atoms with E-state index in [-0.39, 0.29) is 36.8 Å². The Hall–Kier alpha value is -2.32. The largest absolute Gasteiger partial charge is 0.419 e. The number of carbonyl (C=O) groups excluding carboxylic acids is 2. The summed E-state index contributed by atoms with van der Waals surface area (Å²) in [5.74, 6) is -0.657. The van der Waals surface area contributed by atoms with Crippen LogP contribution in [0, 0.1) is 5.92 Å². The van der Waals surface area contributed by atoms with Crippen LogP contribution in [0.3, 0.4) is 0 Å². The minimum absolute atomic E-state index is 0.0144. The standard InChI is InChI=1S/C23H31F3N4O2/c24-23(25,26)19-10-5-11-27-21(19)29-14-6-7-17(15-29)22(32)30(18-8-1-2-9-18)16-20(31)28-12-3-4-13-28/h5,10-11,17-18H,1-4,6-9,12-16H2. The first kappa shape index (κ1) is 22.9. The lowest BCUT2D eigenvalue weighted by Crippen LogP contribution is -2.51. The molecule has 3 heterocycles. The summed E-state index contributed by atoms with van der Waals surface area (Å²) in [6.07, 6.45) is 3.90. The van der Waals surface area contributed by atoms with Gasteiger partial charge in [-0.25, -0.2) is 4.98 Å². The normalized spacial score (nSPS) is 22.4. The van der Waals surface area contributed by atoms with Gasteiger partial charge in [-0.05, 0) is 50.7 Å². The average Bonchev–Trinajstić information content (AvgIpc) is 3.51. The molecule has 1 aromatic rings. The van der Waals surface area contributed by atoms with Gasteiger partial charge in [-0.15, -0.1) is 0 Å². The van der Waals surface area contributed by atoms with Gasteiger partial charge in [-0.3, -0.25) is 9.59 Å². The van der Waals surface area contributed by atoms with Gasteiger partial charge in [-0.1, -0.05) is 12.8 Å². The fraction of sp³-hybridized carbons (Fsp3) is 0.696. The van der Waals surface area contributed by atoms with Gasteiger partial charge in [0.15, 0.2) is 0 Å². The zero-order valence-corrected chi connectivity index (χ0v) is 18.3. The van der Waals surface area contributed by atoms with Crippen molar-refractivity contribution in [1.82, 2.24) is 14.8 Å². The molecule has 4 rings (SSSR count). The molecule has 0 N–H and O–H groups in total. The van der Waals surface area contributed by atoms with Gasteiger partial charge in [0.05, 0.1) is 11.5 Å². The molecule has 3 aliphatic rings. The van der Waals surface area contributed by atoms with Crippen LogP contribution in [0.25, 0.3) is 0 Å². The van der Waals surface area contributed by atoms with E-state index in [1.165, 1.54) is 12.3 Å². The van der Waals surface area contributed by atoms with Crippen molar-refractivity contribution in [2.24, 2.45) is 5.92 Å². The molecule has 32 heavy (non-hydrogen) atoms. The maximum absolute atomic E-state index is 13.6. The van der Waals surface area contributed by atoms with Crippen LogP contribution in [-0.4, -0.2) is 65.4 Å².